The van der Waals surface area contributed by atoms with E-state index >= 15 is 0 Å². The monoisotopic (exact) mass is 427 g/mol. The number of methoxy groups -OCH3 is 1. The molecule has 30 heavy (non-hydrogen) atoms. The van der Waals surface area contributed by atoms with Crippen molar-refractivity contribution in [1.29, 1.82) is 0 Å². The second kappa shape index (κ2) is 8.23. The molecule has 0 radical (unpaired) electrons. The highest BCUT2D eigenvalue weighted by molar-refractivity contribution is 7.20. The van der Waals surface area contributed by atoms with Crippen LogP contribution in [0.25, 0.3) is 10.2 Å². The van der Waals surface area contributed by atoms with E-state index in [1.165, 1.54) is 49.4 Å². The van der Waals surface area contributed by atoms with Gasteiger partial charge in [0.25, 0.3) is 11.6 Å². The molecule has 1 fully saturated rings. The average molecular weight is 427 g/mol. The molecule has 4 rings (SSSR count). The quantitative estimate of drug-likeness (QED) is 0.481. The van der Waals surface area contributed by atoms with Gasteiger partial charge in [-0.2, -0.15) is 0 Å². The summed E-state index contributed by atoms with van der Waals surface area (Å²) in [6, 6.07) is 4.09. The van der Waals surface area contributed by atoms with Crippen molar-refractivity contribution in [1.82, 2.24) is 9.97 Å². The smallest absolute Gasteiger partial charge is 0.271 e. The van der Waals surface area contributed by atoms with Crippen molar-refractivity contribution >= 4 is 44.7 Å². The molecule has 0 saturated carbocycles. The number of fused-ring (bicyclic) bond motifs is 1. The number of amides is 1. The number of carbonyl (C=O) groups is 1. The van der Waals surface area contributed by atoms with Crippen LogP contribution in [-0.4, -0.2) is 41.0 Å². The first-order valence-corrected chi connectivity index (χ1v) is 10.4. The van der Waals surface area contributed by atoms with Gasteiger partial charge < -0.3 is 15.0 Å². The second-order valence-electron chi connectivity index (χ2n) is 7.08. The minimum atomic E-state index is -0.514. The maximum Gasteiger partial charge on any atom is 0.271 e. The molecule has 3 aromatic rings. The largest absolute Gasteiger partial charge is 0.495 e. The maximum atomic E-state index is 13.1. The molecule has 0 unspecified atom stereocenters. The predicted molar refractivity (Wildman–Crippen MR) is 116 cm³/mol. The Kier molecular flexibility index (Phi) is 5.49. The third-order valence-corrected chi connectivity index (χ3v) is 6.41. The van der Waals surface area contributed by atoms with E-state index in [0.717, 1.165) is 47.5 Å². The first-order valence-electron chi connectivity index (χ1n) is 9.62. The first-order chi connectivity index (χ1) is 14.5. The summed E-state index contributed by atoms with van der Waals surface area (Å²) < 4.78 is 5.24. The number of ether oxygens (including phenoxy) is 1. The minimum absolute atomic E-state index is 0.127. The van der Waals surface area contributed by atoms with E-state index in [4.69, 9.17) is 4.74 Å². The van der Waals surface area contributed by atoms with E-state index in [1.807, 2.05) is 6.92 Å². The Morgan fingerprint density at radius 2 is 2.03 bits per heavy atom. The van der Waals surface area contributed by atoms with Crippen LogP contribution >= 0.6 is 11.3 Å². The van der Waals surface area contributed by atoms with E-state index in [9.17, 15) is 14.9 Å². The Hall–Kier alpha value is -3.27. The number of hydrogen-bond acceptors (Lipinski definition) is 8. The van der Waals surface area contributed by atoms with Crippen LogP contribution in [0.15, 0.2) is 24.5 Å². The zero-order valence-corrected chi connectivity index (χ0v) is 17.5. The molecule has 1 N–H and O–H groups in total. The van der Waals surface area contributed by atoms with Gasteiger partial charge in [0.05, 0.1) is 28.0 Å². The molecular formula is C20H21N5O4S. The topological polar surface area (TPSA) is 110 Å². The van der Waals surface area contributed by atoms with Crippen molar-refractivity contribution in [2.24, 2.45) is 0 Å². The molecule has 10 heteroatoms. The van der Waals surface area contributed by atoms with Crippen LogP contribution in [0.2, 0.25) is 0 Å². The summed E-state index contributed by atoms with van der Waals surface area (Å²) in [6.45, 7) is 3.76. The number of nitro benzene ring substituents is 1. The zero-order valence-electron chi connectivity index (χ0n) is 16.7. The van der Waals surface area contributed by atoms with Crippen molar-refractivity contribution in [3.05, 3.63) is 45.1 Å². The number of rotatable bonds is 5. The van der Waals surface area contributed by atoms with E-state index in [1.54, 1.807) is 0 Å². The van der Waals surface area contributed by atoms with Crippen LogP contribution in [-0.2, 0) is 0 Å². The number of non-ortho nitro benzene ring substituents is 1. The summed E-state index contributed by atoms with van der Waals surface area (Å²) in [5.74, 6) is 0.848. The number of nitrogens with zero attached hydrogens (tertiary/aromatic N) is 4. The normalized spacial score (nSPS) is 14.0. The summed E-state index contributed by atoms with van der Waals surface area (Å²) in [4.78, 5) is 36.0. The fraction of sp³-hybridized carbons (Fsp3) is 0.350. The van der Waals surface area contributed by atoms with Crippen LogP contribution in [0, 0.1) is 17.0 Å². The van der Waals surface area contributed by atoms with Crippen LogP contribution in [0.1, 0.15) is 34.5 Å². The summed E-state index contributed by atoms with van der Waals surface area (Å²) in [5.41, 5.74) is 0.923. The lowest BCUT2D eigenvalue weighted by Crippen LogP contribution is -2.30. The van der Waals surface area contributed by atoms with Gasteiger partial charge in [-0.05, 0) is 37.8 Å². The third kappa shape index (κ3) is 3.65. The summed E-state index contributed by atoms with van der Waals surface area (Å²) in [6.07, 6.45) is 4.99. The van der Waals surface area contributed by atoms with E-state index in [-0.39, 0.29) is 17.3 Å². The van der Waals surface area contributed by atoms with Crippen molar-refractivity contribution in [3.63, 3.8) is 0 Å². The van der Waals surface area contributed by atoms with Crippen LogP contribution in [0.4, 0.5) is 17.2 Å². The van der Waals surface area contributed by atoms with Gasteiger partial charge in [-0.15, -0.1) is 11.3 Å². The predicted octanol–water partition coefficient (Wildman–Crippen LogP) is 4.16. The van der Waals surface area contributed by atoms with Crippen LogP contribution in [0.5, 0.6) is 5.75 Å². The Morgan fingerprint density at radius 3 is 2.73 bits per heavy atom. The number of thiophene rings is 1. The molecule has 0 atom stereocenters. The van der Waals surface area contributed by atoms with Gasteiger partial charge in [-0.1, -0.05) is 0 Å². The third-order valence-electron chi connectivity index (χ3n) is 5.21. The number of nitrogens with one attached hydrogen (secondary N) is 1. The number of anilines is 2. The molecule has 0 spiro atoms. The van der Waals surface area contributed by atoms with E-state index < -0.39 is 4.92 Å². The summed E-state index contributed by atoms with van der Waals surface area (Å²) in [5, 5.41) is 14.7. The summed E-state index contributed by atoms with van der Waals surface area (Å²) in [7, 11) is 1.45. The molecule has 1 aromatic carbocycles. The van der Waals surface area contributed by atoms with Gasteiger partial charge in [-0.3, -0.25) is 14.9 Å². The molecule has 0 aliphatic carbocycles. The molecule has 1 saturated heterocycles. The molecule has 0 bridgehead atoms. The lowest BCUT2D eigenvalue weighted by molar-refractivity contribution is -0.384. The number of aromatic nitrogens is 2. The van der Waals surface area contributed by atoms with Crippen LogP contribution in [0.3, 0.4) is 0 Å². The van der Waals surface area contributed by atoms with Gasteiger partial charge in [0.15, 0.2) is 0 Å². The van der Waals surface area contributed by atoms with Crippen molar-refractivity contribution in [2.45, 2.75) is 26.2 Å². The Labute approximate surface area is 176 Å². The van der Waals surface area contributed by atoms with Gasteiger partial charge in [-0.25, -0.2) is 9.97 Å². The molecule has 156 valence electrons. The Bertz CT molecular complexity index is 1120. The number of aryl methyl sites for hydroxylation is 1. The molecule has 1 aliphatic rings. The lowest BCUT2D eigenvalue weighted by atomic mass is 10.1. The molecule has 2 aromatic heterocycles. The lowest BCUT2D eigenvalue weighted by Gasteiger charge is -2.28. The minimum Gasteiger partial charge on any atom is -0.495 e. The van der Waals surface area contributed by atoms with Crippen molar-refractivity contribution < 1.29 is 14.5 Å². The van der Waals surface area contributed by atoms with Crippen molar-refractivity contribution in [2.75, 3.05) is 30.4 Å². The van der Waals surface area contributed by atoms with Gasteiger partial charge in [0.1, 0.15) is 22.7 Å². The van der Waals surface area contributed by atoms with Crippen molar-refractivity contribution in [3.8, 4) is 5.75 Å². The molecular weight excluding hydrogens is 406 g/mol. The summed E-state index contributed by atoms with van der Waals surface area (Å²) >= 11 is 1.29. The standard InChI is InChI=1S/C20H21N5O4S/c1-12-16-18(24-8-4-3-5-9-24)21-11-22-20(16)30-17(12)19(26)23-14-10-13(25(27)28)6-7-15(14)29-2/h6-7,10-11H,3-5,8-9H2,1-2H3,(H,23,26). The second-order valence-corrected chi connectivity index (χ2v) is 8.08. The average Bonchev–Trinajstić information content (AvgIpc) is 3.11. The van der Waals surface area contributed by atoms with Gasteiger partial charge in [0.2, 0.25) is 0 Å². The molecule has 3 heterocycles. The molecule has 1 aliphatic heterocycles. The number of carbonyl (C=O) groups excluding carboxylic acids is 1. The SMILES string of the molecule is COc1ccc([N+](=O)[O-])cc1NC(=O)c1sc2ncnc(N3CCCCC3)c2c1C. The first kappa shape index (κ1) is 20.0. The fourth-order valence-electron chi connectivity index (χ4n) is 3.70. The Morgan fingerprint density at radius 1 is 1.27 bits per heavy atom. The van der Waals surface area contributed by atoms with Gasteiger partial charge >= 0.3 is 0 Å². The van der Waals surface area contributed by atoms with Crippen LogP contribution < -0.4 is 15.0 Å². The number of hydrogen-bond donors (Lipinski definition) is 1. The maximum absolute atomic E-state index is 13.1. The highest BCUT2D eigenvalue weighted by Crippen LogP contribution is 2.37. The van der Waals surface area contributed by atoms with E-state index in [2.05, 4.69) is 20.2 Å². The molecule has 9 nitrogen and oxygen atoms in total. The number of benzene rings is 1. The Balaban J connectivity index is 1.70. The highest BCUT2D eigenvalue weighted by Gasteiger charge is 2.24. The highest BCUT2D eigenvalue weighted by atomic mass is 32.1. The fourth-order valence-corrected chi connectivity index (χ4v) is 4.74. The van der Waals surface area contributed by atoms with Gasteiger partial charge in [0, 0.05) is 25.2 Å². The zero-order chi connectivity index (χ0) is 21.3. The number of nitro groups is 1. The van der Waals surface area contributed by atoms with E-state index in [0.29, 0.717) is 10.6 Å². The number of piperidine rings is 1. The molecule has 1 amide bonds.